The number of ether oxygens (including phenoxy) is 2. The number of carbonyl (C=O) groups excluding carboxylic acids is 1. The lowest BCUT2D eigenvalue weighted by atomic mass is 10.1. The fourth-order valence-electron chi connectivity index (χ4n) is 2.00. The molecule has 0 spiro atoms. The van der Waals surface area contributed by atoms with Gasteiger partial charge in [-0.25, -0.2) is 4.79 Å². The summed E-state index contributed by atoms with van der Waals surface area (Å²) in [7, 11) is 3.10. The second-order valence-electron chi connectivity index (χ2n) is 4.88. The van der Waals surface area contributed by atoms with E-state index in [1.807, 2.05) is 24.3 Å². The molecule has 23 heavy (non-hydrogen) atoms. The van der Waals surface area contributed by atoms with Crippen LogP contribution in [0.4, 0.5) is 10.5 Å². The lowest BCUT2D eigenvalue weighted by molar-refractivity contribution is 0.251. The first-order valence-corrected chi connectivity index (χ1v) is 7.11. The van der Waals surface area contributed by atoms with Gasteiger partial charge in [0, 0.05) is 30.4 Å². The van der Waals surface area contributed by atoms with Gasteiger partial charge in [-0.1, -0.05) is 24.3 Å². The Morgan fingerprint density at radius 3 is 2.09 bits per heavy atom. The normalized spacial score (nSPS) is 10.0. The number of aliphatic hydroxyl groups is 1. The van der Waals surface area contributed by atoms with E-state index in [-0.39, 0.29) is 12.6 Å². The van der Waals surface area contributed by atoms with Gasteiger partial charge in [0.25, 0.3) is 0 Å². The zero-order chi connectivity index (χ0) is 16.7. The van der Waals surface area contributed by atoms with Crippen molar-refractivity contribution in [3.05, 3.63) is 53.6 Å². The molecule has 6 nitrogen and oxygen atoms in total. The highest BCUT2D eigenvalue weighted by atomic mass is 16.5. The van der Waals surface area contributed by atoms with E-state index in [4.69, 9.17) is 14.6 Å². The zero-order valence-electron chi connectivity index (χ0n) is 13.1. The maximum atomic E-state index is 12.0. The van der Waals surface area contributed by atoms with Crippen LogP contribution in [0.5, 0.6) is 11.5 Å². The minimum atomic E-state index is -0.327. The molecule has 2 aromatic carbocycles. The van der Waals surface area contributed by atoms with Crippen molar-refractivity contribution in [1.29, 1.82) is 0 Å². The number of rotatable bonds is 6. The molecule has 0 heterocycles. The van der Waals surface area contributed by atoms with Crippen LogP contribution in [0, 0.1) is 0 Å². The smallest absolute Gasteiger partial charge is 0.319 e. The fourth-order valence-corrected chi connectivity index (χ4v) is 2.00. The Morgan fingerprint density at radius 2 is 1.57 bits per heavy atom. The van der Waals surface area contributed by atoms with Crippen molar-refractivity contribution in [2.45, 2.75) is 13.2 Å². The van der Waals surface area contributed by atoms with E-state index in [1.165, 1.54) is 0 Å². The maximum absolute atomic E-state index is 12.0. The summed E-state index contributed by atoms with van der Waals surface area (Å²) in [5, 5.41) is 14.5. The van der Waals surface area contributed by atoms with Crippen LogP contribution in [-0.4, -0.2) is 25.4 Å². The minimum absolute atomic E-state index is 0.00582. The van der Waals surface area contributed by atoms with E-state index in [9.17, 15) is 4.79 Å². The van der Waals surface area contributed by atoms with Gasteiger partial charge in [0.15, 0.2) is 0 Å². The van der Waals surface area contributed by atoms with Gasteiger partial charge in [0.2, 0.25) is 0 Å². The van der Waals surface area contributed by atoms with Crippen molar-refractivity contribution in [1.82, 2.24) is 5.32 Å². The minimum Gasteiger partial charge on any atom is -0.497 e. The molecule has 0 aromatic heterocycles. The number of nitrogens with one attached hydrogen (secondary N) is 2. The van der Waals surface area contributed by atoms with Crippen molar-refractivity contribution in [2.75, 3.05) is 19.5 Å². The average molecular weight is 316 g/mol. The molecule has 0 fully saturated rings. The molecule has 6 heteroatoms. The summed E-state index contributed by atoms with van der Waals surface area (Å²) in [5.74, 6) is 1.19. The quantitative estimate of drug-likeness (QED) is 0.765. The van der Waals surface area contributed by atoms with Gasteiger partial charge >= 0.3 is 6.03 Å². The summed E-state index contributed by atoms with van der Waals surface area (Å²) >= 11 is 0. The third-order valence-corrected chi connectivity index (χ3v) is 3.27. The Kier molecular flexibility index (Phi) is 5.82. The van der Waals surface area contributed by atoms with Crippen LogP contribution >= 0.6 is 0 Å². The van der Waals surface area contributed by atoms with Gasteiger partial charge < -0.3 is 25.2 Å². The first kappa shape index (κ1) is 16.6. The number of carbonyl (C=O) groups is 1. The molecule has 0 unspecified atom stereocenters. The largest absolute Gasteiger partial charge is 0.497 e. The number of hydrogen-bond donors (Lipinski definition) is 3. The summed E-state index contributed by atoms with van der Waals surface area (Å²) in [6, 6.07) is 12.2. The van der Waals surface area contributed by atoms with E-state index < -0.39 is 0 Å². The molecule has 0 saturated heterocycles. The van der Waals surface area contributed by atoms with Crippen LogP contribution in [0.3, 0.4) is 0 Å². The Labute approximate surface area is 135 Å². The second-order valence-corrected chi connectivity index (χ2v) is 4.88. The summed E-state index contributed by atoms with van der Waals surface area (Å²) < 4.78 is 10.3. The van der Waals surface area contributed by atoms with E-state index in [2.05, 4.69) is 10.6 Å². The molecule has 122 valence electrons. The maximum Gasteiger partial charge on any atom is 0.319 e. The summed E-state index contributed by atoms with van der Waals surface area (Å²) in [4.78, 5) is 12.0. The monoisotopic (exact) mass is 316 g/mol. The van der Waals surface area contributed by atoms with Crippen molar-refractivity contribution in [3.8, 4) is 11.5 Å². The van der Waals surface area contributed by atoms with Crippen molar-refractivity contribution >= 4 is 11.7 Å². The molecule has 0 aliphatic carbocycles. The second kappa shape index (κ2) is 8.05. The molecule has 2 rings (SSSR count). The van der Waals surface area contributed by atoms with Crippen LogP contribution in [0.2, 0.25) is 0 Å². The summed E-state index contributed by atoms with van der Waals surface area (Å²) in [6.45, 7) is 0.393. The lowest BCUT2D eigenvalue weighted by Crippen LogP contribution is -2.28. The van der Waals surface area contributed by atoms with Gasteiger partial charge in [-0.15, -0.1) is 0 Å². The van der Waals surface area contributed by atoms with Crippen molar-refractivity contribution in [3.63, 3.8) is 0 Å². The molecular weight excluding hydrogens is 296 g/mol. The zero-order valence-corrected chi connectivity index (χ0v) is 13.1. The summed E-state index contributed by atoms with van der Waals surface area (Å²) in [5.41, 5.74) is 2.36. The van der Waals surface area contributed by atoms with Crippen LogP contribution in [0.25, 0.3) is 0 Å². The standard InChI is InChI=1S/C17H20N2O4/c1-22-15-7-14(8-16(9-15)23-2)19-17(21)18-10-12-3-5-13(11-20)6-4-12/h3-9,20H,10-11H2,1-2H3,(H2,18,19,21). The molecule has 2 amide bonds. The molecule has 3 N–H and O–H groups in total. The van der Waals surface area contributed by atoms with E-state index in [0.717, 1.165) is 11.1 Å². The third-order valence-electron chi connectivity index (χ3n) is 3.27. The molecule has 2 aromatic rings. The summed E-state index contributed by atoms with van der Waals surface area (Å²) in [6.07, 6.45) is 0. The molecule has 0 saturated carbocycles. The molecule has 0 bridgehead atoms. The number of aliphatic hydroxyl groups excluding tert-OH is 1. The van der Waals surface area contributed by atoms with Gasteiger partial charge in [-0.05, 0) is 11.1 Å². The molecule has 0 aliphatic rings. The molecular formula is C17H20N2O4. The SMILES string of the molecule is COc1cc(NC(=O)NCc2ccc(CO)cc2)cc(OC)c1. The van der Waals surface area contributed by atoms with Crippen molar-refractivity contribution < 1.29 is 19.4 Å². The highest BCUT2D eigenvalue weighted by Crippen LogP contribution is 2.25. The highest BCUT2D eigenvalue weighted by molar-refractivity contribution is 5.89. The van der Waals surface area contributed by atoms with Gasteiger partial charge in [0.1, 0.15) is 11.5 Å². The van der Waals surface area contributed by atoms with Crippen LogP contribution < -0.4 is 20.1 Å². The third kappa shape index (κ3) is 4.89. The number of urea groups is 1. The van der Waals surface area contributed by atoms with E-state index in [0.29, 0.717) is 23.7 Å². The van der Waals surface area contributed by atoms with Crippen LogP contribution in [0.1, 0.15) is 11.1 Å². The molecule has 0 radical (unpaired) electrons. The Hall–Kier alpha value is -2.73. The van der Waals surface area contributed by atoms with Gasteiger partial charge in [-0.3, -0.25) is 0 Å². The van der Waals surface area contributed by atoms with Crippen molar-refractivity contribution in [2.24, 2.45) is 0 Å². The number of benzene rings is 2. The predicted molar refractivity (Wildman–Crippen MR) is 87.8 cm³/mol. The molecule has 0 atom stereocenters. The fraction of sp³-hybridized carbons (Fsp3) is 0.235. The first-order chi connectivity index (χ1) is 11.1. The molecule has 0 aliphatic heterocycles. The number of hydrogen-bond acceptors (Lipinski definition) is 4. The number of amides is 2. The predicted octanol–water partition coefficient (Wildman–Crippen LogP) is 2.52. The number of methoxy groups -OCH3 is 2. The van der Waals surface area contributed by atoms with Crippen LogP contribution in [-0.2, 0) is 13.2 Å². The van der Waals surface area contributed by atoms with Crippen LogP contribution in [0.15, 0.2) is 42.5 Å². The Balaban J connectivity index is 1.93. The Morgan fingerprint density at radius 1 is 1.00 bits per heavy atom. The van der Waals surface area contributed by atoms with Gasteiger partial charge in [0.05, 0.1) is 20.8 Å². The lowest BCUT2D eigenvalue weighted by Gasteiger charge is -2.11. The first-order valence-electron chi connectivity index (χ1n) is 7.11. The number of anilines is 1. The average Bonchev–Trinajstić information content (AvgIpc) is 2.60. The van der Waals surface area contributed by atoms with Gasteiger partial charge in [-0.2, -0.15) is 0 Å². The topological polar surface area (TPSA) is 79.8 Å². The highest BCUT2D eigenvalue weighted by Gasteiger charge is 2.06. The van der Waals surface area contributed by atoms with E-state index >= 15 is 0 Å². The van der Waals surface area contributed by atoms with E-state index in [1.54, 1.807) is 32.4 Å². The Bertz CT molecular complexity index is 634.